The lowest BCUT2D eigenvalue weighted by Gasteiger charge is -2.35. The van der Waals surface area contributed by atoms with Crippen LogP contribution in [-0.2, 0) is 19.2 Å². The minimum absolute atomic E-state index is 0.216. The molecule has 32 heavy (non-hydrogen) atoms. The van der Waals surface area contributed by atoms with E-state index in [0.717, 1.165) is 41.1 Å². The second kappa shape index (κ2) is 8.33. The van der Waals surface area contributed by atoms with Crippen LogP contribution in [-0.4, -0.2) is 37.0 Å². The van der Waals surface area contributed by atoms with E-state index in [4.69, 9.17) is 9.57 Å². The van der Waals surface area contributed by atoms with E-state index in [-0.39, 0.29) is 23.4 Å². The molecule has 2 amide bonds. The molecule has 2 aromatic rings. The first-order chi connectivity index (χ1) is 15.5. The summed E-state index contributed by atoms with van der Waals surface area (Å²) in [7, 11) is 1.29. The van der Waals surface area contributed by atoms with Crippen molar-refractivity contribution in [1.29, 1.82) is 0 Å². The number of methoxy groups -OCH3 is 1. The first kappa shape index (κ1) is 21.2. The summed E-state index contributed by atoms with van der Waals surface area (Å²) in [5.41, 5.74) is 1.10. The van der Waals surface area contributed by atoms with Crippen LogP contribution in [0.1, 0.15) is 47.3 Å². The summed E-state index contributed by atoms with van der Waals surface area (Å²) < 4.78 is 4.88. The molecule has 7 nitrogen and oxygen atoms in total. The lowest BCUT2D eigenvalue weighted by atomic mass is 9.77. The maximum absolute atomic E-state index is 13.8. The highest BCUT2D eigenvalue weighted by Crippen LogP contribution is 2.47. The SMILES string of the molecule is COC(=O)c1cc(C)sc1N1C(=O)[C@@H]2[C@@H](ON(c3ccccc3)[C@H]2C2CCCCC2)C1=O. The van der Waals surface area contributed by atoms with Gasteiger partial charge in [-0.3, -0.25) is 14.4 Å². The summed E-state index contributed by atoms with van der Waals surface area (Å²) in [4.78, 5) is 47.8. The zero-order chi connectivity index (χ0) is 22.4. The Kier molecular flexibility index (Phi) is 5.51. The van der Waals surface area contributed by atoms with Crippen molar-refractivity contribution in [2.24, 2.45) is 11.8 Å². The molecule has 5 rings (SSSR count). The number of esters is 1. The fraction of sp³-hybridized carbons (Fsp3) is 0.458. The molecule has 1 saturated carbocycles. The fourth-order valence-electron chi connectivity index (χ4n) is 5.33. The molecule has 0 bridgehead atoms. The van der Waals surface area contributed by atoms with Gasteiger partial charge < -0.3 is 4.74 Å². The number of rotatable bonds is 4. The molecule has 0 N–H and O–H groups in total. The Bertz CT molecular complexity index is 1050. The number of thiophene rings is 1. The number of nitrogens with zero attached hydrogens (tertiary/aromatic N) is 2. The Hall–Kier alpha value is -2.71. The van der Waals surface area contributed by atoms with Gasteiger partial charge >= 0.3 is 5.97 Å². The zero-order valence-electron chi connectivity index (χ0n) is 18.2. The predicted molar refractivity (Wildman–Crippen MR) is 121 cm³/mol. The van der Waals surface area contributed by atoms with Gasteiger partial charge in [-0.1, -0.05) is 37.5 Å². The van der Waals surface area contributed by atoms with Gasteiger partial charge in [-0.25, -0.2) is 14.8 Å². The highest BCUT2D eigenvalue weighted by atomic mass is 32.1. The van der Waals surface area contributed by atoms with Gasteiger partial charge in [0, 0.05) is 4.88 Å². The quantitative estimate of drug-likeness (QED) is 0.511. The molecular formula is C24H26N2O5S. The number of hydroxylamine groups is 1. The summed E-state index contributed by atoms with van der Waals surface area (Å²) >= 11 is 1.25. The summed E-state index contributed by atoms with van der Waals surface area (Å²) in [6.07, 6.45) is 4.55. The van der Waals surface area contributed by atoms with E-state index in [0.29, 0.717) is 5.00 Å². The van der Waals surface area contributed by atoms with Crippen molar-refractivity contribution in [3.05, 3.63) is 46.8 Å². The van der Waals surface area contributed by atoms with Crippen LogP contribution in [0.2, 0.25) is 0 Å². The molecule has 2 aliphatic heterocycles. The molecule has 3 fully saturated rings. The Morgan fingerprint density at radius 1 is 1.09 bits per heavy atom. The number of hydrogen-bond acceptors (Lipinski definition) is 7. The third-order valence-electron chi connectivity index (χ3n) is 6.75. The van der Waals surface area contributed by atoms with Crippen LogP contribution in [0.5, 0.6) is 0 Å². The molecule has 0 spiro atoms. The average molecular weight is 455 g/mol. The molecular weight excluding hydrogens is 428 g/mol. The van der Waals surface area contributed by atoms with Crippen molar-refractivity contribution < 1.29 is 24.0 Å². The van der Waals surface area contributed by atoms with Crippen LogP contribution < -0.4 is 9.96 Å². The summed E-state index contributed by atoms with van der Waals surface area (Å²) in [5.74, 6) is -1.59. The van der Waals surface area contributed by atoms with Gasteiger partial charge in [-0.05, 0) is 43.9 Å². The number of aryl methyl sites for hydroxylation is 1. The molecule has 1 aliphatic carbocycles. The minimum atomic E-state index is -0.887. The number of amides is 2. The van der Waals surface area contributed by atoms with E-state index in [1.54, 1.807) is 11.1 Å². The molecule has 8 heteroatoms. The van der Waals surface area contributed by atoms with Crippen molar-refractivity contribution in [1.82, 2.24) is 0 Å². The van der Waals surface area contributed by atoms with Crippen molar-refractivity contribution in [3.8, 4) is 0 Å². The second-order valence-corrected chi connectivity index (χ2v) is 9.92. The highest BCUT2D eigenvalue weighted by molar-refractivity contribution is 7.17. The van der Waals surface area contributed by atoms with E-state index in [2.05, 4.69) is 0 Å². The molecule has 3 atom stereocenters. The lowest BCUT2D eigenvalue weighted by Crippen LogP contribution is -2.45. The van der Waals surface area contributed by atoms with Crippen LogP contribution in [0.15, 0.2) is 36.4 Å². The van der Waals surface area contributed by atoms with Crippen LogP contribution in [0.25, 0.3) is 0 Å². The average Bonchev–Trinajstić information content (AvgIpc) is 3.47. The normalized spacial score (nSPS) is 26.0. The number of carbonyl (C=O) groups is 3. The number of anilines is 2. The largest absolute Gasteiger partial charge is 0.465 e. The molecule has 1 aromatic heterocycles. The first-order valence-electron chi connectivity index (χ1n) is 11.1. The number of fused-ring (bicyclic) bond motifs is 1. The highest BCUT2D eigenvalue weighted by Gasteiger charge is 2.62. The van der Waals surface area contributed by atoms with Gasteiger partial charge in [0.25, 0.3) is 5.91 Å². The third-order valence-corrected chi connectivity index (χ3v) is 7.78. The van der Waals surface area contributed by atoms with Gasteiger partial charge in [-0.15, -0.1) is 11.3 Å². The molecule has 0 radical (unpaired) electrons. The molecule has 2 saturated heterocycles. The number of benzene rings is 1. The van der Waals surface area contributed by atoms with Gasteiger partial charge in [0.05, 0.1) is 24.4 Å². The van der Waals surface area contributed by atoms with E-state index in [1.807, 2.05) is 37.3 Å². The maximum atomic E-state index is 13.8. The number of carbonyl (C=O) groups excluding carboxylic acids is 3. The Morgan fingerprint density at radius 3 is 2.50 bits per heavy atom. The number of hydrogen-bond donors (Lipinski definition) is 0. The second-order valence-electron chi connectivity index (χ2n) is 8.68. The van der Waals surface area contributed by atoms with Crippen molar-refractivity contribution in [2.45, 2.75) is 51.2 Å². The Morgan fingerprint density at radius 2 is 1.81 bits per heavy atom. The van der Waals surface area contributed by atoms with Gasteiger partial charge in [-0.2, -0.15) is 0 Å². The third kappa shape index (κ3) is 3.33. The van der Waals surface area contributed by atoms with Crippen LogP contribution in [0.4, 0.5) is 10.7 Å². The van der Waals surface area contributed by atoms with Crippen molar-refractivity contribution in [2.75, 3.05) is 17.1 Å². The Labute approximate surface area is 190 Å². The fourth-order valence-corrected chi connectivity index (χ4v) is 6.34. The summed E-state index contributed by atoms with van der Waals surface area (Å²) in [6, 6.07) is 11.1. The number of ether oxygens (including phenoxy) is 1. The molecule has 3 heterocycles. The minimum Gasteiger partial charge on any atom is -0.465 e. The van der Waals surface area contributed by atoms with E-state index in [9.17, 15) is 14.4 Å². The van der Waals surface area contributed by atoms with Gasteiger partial charge in [0.15, 0.2) is 6.10 Å². The van der Waals surface area contributed by atoms with E-state index < -0.39 is 23.9 Å². The monoisotopic (exact) mass is 454 g/mol. The van der Waals surface area contributed by atoms with Crippen LogP contribution in [0, 0.1) is 18.8 Å². The number of imide groups is 1. The van der Waals surface area contributed by atoms with E-state index in [1.165, 1.54) is 24.9 Å². The molecule has 168 valence electrons. The van der Waals surface area contributed by atoms with Crippen molar-refractivity contribution in [3.63, 3.8) is 0 Å². The van der Waals surface area contributed by atoms with Crippen LogP contribution in [0.3, 0.4) is 0 Å². The zero-order valence-corrected chi connectivity index (χ0v) is 19.0. The molecule has 3 aliphatic rings. The standard InChI is InChI=1S/C24H26N2O5S/c1-14-13-17(24(29)30-2)23(32-14)25-21(27)18-19(15-9-5-3-6-10-15)26(31-20(18)22(25)28)16-11-7-4-8-12-16/h4,7-8,11-13,15,18-20H,3,5-6,9-10H2,1-2H3/t18-,19-,20+/m0/s1. The van der Waals surface area contributed by atoms with Crippen LogP contribution >= 0.6 is 11.3 Å². The molecule has 0 unspecified atom stereocenters. The topological polar surface area (TPSA) is 76.2 Å². The number of para-hydroxylation sites is 1. The summed E-state index contributed by atoms with van der Waals surface area (Å²) in [6.45, 7) is 1.84. The van der Waals surface area contributed by atoms with Crippen molar-refractivity contribution >= 4 is 39.8 Å². The first-order valence-corrected chi connectivity index (χ1v) is 11.9. The molecule has 1 aromatic carbocycles. The predicted octanol–water partition coefficient (Wildman–Crippen LogP) is 4.10. The van der Waals surface area contributed by atoms with Gasteiger partial charge in [0.2, 0.25) is 5.91 Å². The van der Waals surface area contributed by atoms with Gasteiger partial charge in [0.1, 0.15) is 10.9 Å². The summed E-state index contributed by atoms with van der Waals surface area (Å²) in [5, 5.41) is 2.13. The lowest BCUT2D eigenvalue weighted by molar-refractivity contribution is -0.126. The van der Waals surface area contributed by atoms with E-state index >= 15 is 0 Å². The maximum Gasteiger partial charge on any atom is 0.340 e. The Balaban J connectivity index is 1.54. The smallest absolute Gasteiger partial charge is 0.340 e.